The lowest BCUT2D eigenvalue weighted by atomic mass is 9.82. The number of rotatable bonds is 10. The van der Waals surface area contributed by atoms with Crippen LogP contribution in [-0.2, 0) is 41.5 Å². The molecule has 37 heavy (non-hydrogen) atoms. The van der Waals surface area contributed by atoms with E-state index in [0.29, 0.717) is 48.7 Å². The van der Waals surface area contributed by atoms with Gasteiger partial charge in [-0.05, 0) is 48.4 Å². The summed E-state index contributed by atoms with van der Waals surface area (Å²) in [6.45, 7) is -1.45. The van der Waals surface area contributed by atoms with Gasteiger partial charge in [-0.1, -0.05) is 18.9 Å². The normalized spacial score (nSPS) is 21.1. The van der Waals surface area contributed by atoms with E-state index in [0.717, 1.165) is 30.4 Å². The first-order valence-corrected chi connectivity index (χ1v) is 14.0. The molecule has 1 saturated carbocycles. The van der Waals surface area contributed by atoms with Crippen LogP contribution < -0.4 is 14.8 Å². The third-order valence-corrected chi connectivity index (χ3v) is 8.56. The number of amides is 1. The SMILES string of the molecule is O=C1N[C@@]2(CCc3cc(OCC(F)(F)F)ccc32)Cc2nn(CCC3CC3)c(CNS(=O)(=O)CCO)c21. The quantitative estimate of drug-likeness (QED) is 0.423. The fourth-order valence-electron chi connectivity index (χ4n) is 5.29. The van der Waals surface area contributed by atoms with Gasteiger partial charge in [-0.3, -0.25) is 9.48 Å². The van der Waals surface area contributed by atoms with Crippen molar-refractivity contribution in [2.24, 2.45) is 5.92 Å². The van der Waals surface area contributed by atoms with Crippen molar-refractivity contribution in [2.45, 2.75) is 63.3 Å². The van der Waals surface area contributed by atoms with Crippen LogP contribution in [0.2, 0.25) is 0 Å². The Kier molecular flexibility index (Phi) is 6.73. The van der Waals surface area contributed by atoms with Crippen LogP contribution in [0.25, 0.3) is 0 Å². The lowest BCUT2D eigenvalue weighted by molar-refractivity contribution is -0.153. The molecule has 1 amide bonds. The van der Waals surface area contributed by atoms with Gasteiger partial charge in [-0.25, -0.2) is 13.1 Å². The molecule has 202 valence electrons. The van der Waals surface area contributed by atoms with Crippen LogP contribution >= 0.6 is 0 Å². The van der Waals surface area contributed by atoms with Gasteiger partial charge in [0.1, 0.15) is 5.75 Å². The fraction of sp³-hybridized carbons (Fsp3) is 0.583. The van der Waals surface area contributed by atoms with Crippen LogP contribution in [0.4, 0.5) is 13.2 Å². The van der Waals surface area contributed by atoms with E-state index >= 15 is 0 Å². The molecule has 2 heterocycles. The summed E-state index contributed by atoms with van der Waals surface area (Å²) in [5.74, 6) is -0.0688. The molecular weight excluding hydrogens is 513 g/mol. The number of fused-ring (bicyclic) bond motifs is 3. The number of nitrogens with one attached hydrogen (secondary N) is 2. The van der Waals surface area contributed by atoms with E-state index in [4.69, 9.17) is 14.9 Å². The van der Waals surface area contributed by atoms with E-state index in [9.17, 15) is 26.4 Å². The zero-order chi connectivity index (χ0) is 26.4. The molecule has 2 aliphatic carbocycles. The molecule has 1 spiro atoms. The number of nitrogens with zero attached hydrogens (tertiary/aromatic N) is 2. The van der Waals surface area contributed by atoms with Crippen molar-refractivity contribution in [1.29, 1.82) is 0 Å². The molecule has 5 rings (SSSR count). The van der Waals surface area contributed by atoms with Crippen molar-refractivity contribution in [1.82, 2.24) is 19.8 Å². The van der Waals surface area contributed by atoms with Crippen LogP contribution in [-0.4, -0.2) is 54.4 Å². The van der Waals surface area contributed by atoms with E-state index in [1.807, 2.05) is 0 Å². The van der Waals surface area contributed by atoms with Crippen molar-refractivity contribution < 1.29 is 36.2 Å². The molecular formula is C24H29F3N4O5S. The molecule has 1 fully saturated rings. The summed E-state index contributed by atoms with van der Waals surface area (Å²) in [6, 6.07) is 4.77. The number of aromatic nitrogens is 2. The zero-order valence-electron chi connectivity index (χ0n) is 20.1. The first-order chi connectivity index (χ1) is 17.5. The molecule has 0 radical (unpaired) electrons. The number of hydrogen-bond donors (Lipinski definition) is 3. The molecule has 9 nitrogen and oxygen atoms in total. The molecule has 3 aliphatic rings. The summed E-state index contributed by atoms with van der Waals surface area (Å²) in [6.07, 6.45) is 0.247. The van der Waals surface area contributed by atoms with Crippen molar-refractivity contribution in [2.75, 3.05) is 19.0 Å². The van der Waals surface area contributed by atoms with Crippen molar-refractivity contribution in [3.05, 3.63) is 46.3 Å². The van der Waals surface area contributed by atoms with Crippen LogP contribution in [0.3, 0.4) is 0 Å². The number of ether oxygens (including phenoxy) is 1. The lowest BCUT2D eigenvalue weighted by Gasteiger charge is -2.35. The smallest absolute Gasteiger partial charge is 0.422 e. The maximum atomic E-state index is 13.4. The van der Waals surface area contributed by atoms with Gasteiger partial charge in [0.15, 0.2) is 6.61 Å². The average Bonchev–Trinajstić information content (AvgIpc) is 3.50. The number of benzene rings is 1. The molecule has 1 aromatic heterocycles. The first-order valence-electron chi connectivity index (χ1n) is 12.3. The third kappa shape index (κ3) is 5.63. The molecule has 0 bridgehead atoms. The Hall–Kier alpha value is -2.64. The lowest BCUT2D eigenvalue weighted by Crippen LogP contribution is -2.50. The van der Waals surface area contributed by atoms with E-state index in [1.54, 1.807) is 16.8 Å². The second-order valence-electron chi connectivity index (χ2n) is 10.0. The number of carbonyl (C=O) groups is 1. The van der Waals surface area contributed by atoms with E-state index in [-0.39, 0.29) is 18.2 Å². The Balaban J connectivity index is 1.42. The monoisotopic (exact) mass is 542 g/mol. The minimum absolute atomic E-state index is 0.119. The van der Waals surface area contributed by atoms with Gasteiger partial charge in [0, 0.05) is 13.0 Å². The minimum atomic E-state index is -4.43. The topological polar surface area (TPSA) is 123 Å². The maximum absolute atomic E-state index is 13.4. The highest BCUT2D eigenvalue weighted by atomic mass is 32.2. The van der Waals surface area contributed by atoms with Crippen molar-refractivity contribution in [3.63, 3.8) is 0 Å². The largest absolute Gasteiger partial charge is 0.484 e. The second kappa shape index (κ2) is 9.59. The molecule has 1 atom stereocenters. The average molecular weight is 543 g/mol. The summed E-state index contributed by atoms with van der Waals surface area (Å²) in [4.78, 5) is 13.4. The van der Waals surface area contributed by atoms with E-state index in [1.165, 1.54) is 6.07 Å². The summed E-state index contributed by atoms with van der Waals surface area (Å²) >= 11 is 0. The van der Waals surface area contributed by atoms with Gasteiger partial charge in [0.25, 0.3) is 5.91 Å². The Morgan fingerprint density at radius 2 is 2.08 bits per heavy atom. The van der Waals surface area contributed by atoms with Gasteiger partial charge in [-0.2, -0.15) is 18.3 Å². The highest BCUT2D eigenvalue weighted by Gasteiger charge is 2.46. The zero-order valence-corrected chi connectivity index (χ0v) is 20.9. The van der Waals surface area contributed by atoms with Gasteiger partial charge in [0.05, 0.1) is 41.4 Å². The summed E-state index contributed by atoms with van der Waals surface area (Å²) in [5.41, 5.74) is 2.30. The standard InChI is InChI=1S/C24H29F3N4O5S/c25-24(26,27)14-36-17-3-4-18-16(11-17)5-7-23(18)12-19-21(22(33)29-23)20(13-28-37(34,35)10-9-32)31(30-19)8-6-15-1-2-15/h3-4,11,15,28,32H,1-2,5-10,12-14H2,(H,29,33)/t23-/m0/s1. The Labute approximate surface area is 212 Å². The Morgan fingerprint density at radius 3 is 2.78 bits per heavy atom. The maximum Gasteiger partial charge on any atom is 0.422 e. The predicted octanol–water partition coefficient (Wildman–Crippen LogP) is 2.16. The van der Waals surface area contributed by atoms with Crippen molar-refractivity contribution >= 4 is 15.9 Å². The van der Waals surface area contributed by atoms with Gasteiger partial charge >= 0.3 is 6.18 Å². The highest BCUT2D eigenvalue weighted by Crippen LogP contribution is 2.44. The predicted molar refractivity (Wildman–Crippen MR) is 126 cm³/mol. The van der Waals surface area contributed by atoms with E-state index < -0.39 is 40.7 Å². The summed E-state index contributed by atoms with van der Waals surface area (Å²) in [7, 11) is -3.72. The number of aliphatic hydroxyl groups excluding tert-OH is 1. The van der Waals surface area contributed by atoms with Crippen molar-refractivity contribution in [3.8, 4) is 5.75 Å². The van der Waals surface area contributed by atoms with Crippen LogP contribution in [0.15, 0.2) is 18.2 Å². The minimum Gasteiger partial charge on any atom is -0.484 e. The number of carbonyl (C=O) groups excluding carboxylic acids is 1. The van der Waals surface area contributed by atoms with E-state index in [2.05, 4.69) is 10.0 Å². The Bertz CT molecular complexity index is 1310. The van der Waals surface area contributed by atoms with Crippen LogP contribution in [0, 0.1) is 5.92 Å². The number of halogens is 3. The molecule has 0 saturated heterocycles. The summed E-state index contributed by atoms with van der Waals surface area (Å²) in [5, 5.41) is 16.9. The van der Waals surface area contributed by atoms with Gasteiger partial charge in [0.2, 0.25) is 10.0 Å². The number of aliphatic hydroxyl groups is 1. The first kappa shape index (κ1) is 26.0. The highest BCUT2D eigenvalue weighted by molar-refractivity contribution is 7.89. The van der Waals surface area contributed by atoms with Gasteiger partial charge in [-0.15, -0.1) is 0 Å². The fourth-order valence-corrected chi connectivity index (χ4v) is 6.03. The molecule has 1 aromatic carbocycles. The molecule has 13 heteroatoms. The molecule has 3 N–H and O–H groups in total. The Morgan fingerprint density at radius 1 is 1.30 bits per heavy atom. The van der Waals surface area contributed by atoms with Gasteiger partial charge < -0.3 is 15.2 Å². The van der Waals surface area contributed by atoms with Crippen LogP contribution in [0.5, 0.6) is 5.75 Å². The second-order valence-corrected chi connectivity index (χ2v) is 11.9. The van der Waals surface area contributed by atoms with Crippen LogP contribution in [0.1, 0.15) is 58.6 Å². The number of aryl methyl sites for hydroxylation is 2. The molecule has 1 aliphatic heterocycles. The number of hydrogen-bond acceptors (Lipinski definition) is 6. The number of sulfonamides is 1. The third-order valence-electron chi connectivity index (χ3n) is 7.26. The molecule has 0 unspecified atom stereocenters. The number of alkyl halides is 3. The summed E-state index contributed by atoms with van der Waals surface area (Å²) < 4.78 is 71.0. The molecule has 2 aromatic rings.